The normalized spacial score (nSPS) is 20.4. The smallest absolute Gasteiger partial charge is 0.224 e. The second-order valence-corrected chi connectivity index (χ2v) is 5.49. The van der Waals surface area contributed by atoms with Crippen LogP contribution >= 0.6 is 11.6 Å². The molecule has 4 nitrogen and oxygen atoms in total. The highest BCUT2D eigenvalue weighted by Gasteiger charge is 2.25. The van der Waals surface area contributed by atoms with Gasteiger partial charge in [0.15, 0.2) is 0 Å². The molecule has 3 N–H and O–H groups in total. The highest BCUT2D eigenvalue weighted by atomic mass is 35.5. The van der Waals surface area contributed by atoms with Gasteiger partial charge in [-0.05, 0) is 24.6 Å². The Morgan fingerprint density at radius 3 is 3.11 bits per heavy atom. The van der Waals surface area contributed by atoms with Gasteiger partial charge < -0.3 is 16.0 Å². The molecule has 1 saturated heterocycles. The average molecular weight is 282 g/mol. The molecule has 1 heterocycles. The maximum atomic E-state index is 11.8. The lowest BCUT2D eigenvalue weighted by Gasteiger charge is -2.20. The molecule has 0 aromatic heterocycles. The fraction of sp³-hybridized carbons (Fsp3) is 0.500. The van der Waals surface area contributed by atoms with Crippen LogP contribution in [0.4, 0.5) is 5.69 Å². The molecule has 0 saturated carbocycles. The fourth-order valence-corrected chi connectivity index (χ4v) is 2.42. The zero-order valence-electron chi connectivity index (χ0n) is 11.1. The minimum atomic E-state index is -0.125. The fourth-order valence-electron chi connectivity index (χ4n) is 2.24. The van der Waals surface area contributed by atoms with Gasteiger partial charge in [0.05, 0.1) is 0 Å². The summed E-state index contributed by atoms with van der Waals surface area (Å²) in [7, 11) is 0. The molecule has 1 aliphatic rings. The van der Waals surface area contributed by atoms with E-state index in [0.29, 0.717) is 6.54 Å². The predicted molar refractivity (Wildman–Crippen MR) is 78.4 cm³/mol. The number of amides is 1. The zero-order valence-corrected chi connectivity index (χ0v) is 11.9. The molecule has 104 valence electrons. The Bertz CT molecular complexity index is 452. The monoisotopic (exact) mass is 281 g/mol. The van der Waals surface area contributed by atoms with Crippen LogP contribution in [0.2, 0.25) is 5.02 Å². The topological polar surface area (TPSA) is 58.4 Å². The maximum absolute atomic E-state index is 11.8. The Morgan fingerprint density at radius 1 is 1.63 bits per heavy atom. The van der Waals surface area contributed by atoms with E-state index in [4.69, 9.17) is 17.3 Å². The van der Waals surface area contributed by atoms with Gasteiger partial charge in [-0.2, -0.15) is 0 Å². The van der Waals surface area contributed by atoms with Crippen molar-refractivity contribution in [2.45, 2.75) is 19.4 Å². The first-order valence-electron chi connectivity index (χ1n) is 6.61. The summed E-state index contributed by atoms with van der Waals surface area (Å²) in [5.41, 5.74) is 6.60. The summed E-state index contributed by atoms with van der Waals surface area (Å²) in [6, 6.07) is 8.00. The lowest BCUT2D eigenvalue weighted by molar-refractivity contribution is -0.124. The van der Waals surface area contributed by atoms with Crippen LogP contribution in [0.3, 0.4) is 0 Å². The van der Waals surface area contributed by atoms with E-state index < -0.39 is 0 Å². The number of halogens is 1. The van der Waals surface area contributed by atoms with Crippen molar-refractivity contribution in [1.82, 2.24) is 5.32 Å². The van der Waals surface area contributed by atoms with Crippen LogP contribution in [0.25, 0.3) is 0 Å². The Morgan fingerprint density at radius 2 is 2.42 bits per heavy atom. The van der Waals surface area contributed by atoms with E-state index in [2.05, 4.69) is 10.2 Å². The number of nitrogens with one attached hydrogen (secondary N) is 1. The Labute approximate surface area is 118 Å². The largest absolute Gasteiger partial charge is 0.369 e. The Balaban J connectivity index is 1.91. The molecule has 0 radical (unpaired) electrons. The van der Waals surface area contributed by atoms with E-state index >= 15 is 0 Å². The highest BCUT2D eigenvalue weighted by molar-refractivity contribution is 6.30. The van der Waals surface area contributed by atoms with Crippen LogP contribution in [0.5, 0.6) is 0 Å². The van der Waals surface area contributed by atoms with Gasteiger partial charge in [0.1, 0.15) is 0 Å². The SMILES string of the molecule is CC(CN)C(=O)NC1CCN(c2cccc(Cl)c2)C1. The van der Waals surface area contributed by atoms with Crippen LogP contribution in [-0.4, -0.2) is 31.6 Å². The number of carbonyl (C=O) groups is 1. The molecule has 2 atom stereocenters. The average Bonchev–Trinajstić information content (AvgIpc) is 2.86. The third-order valence-corrected chi connectivity index (χ3v) is 3.74. The third-order valence-electron chi connectivity index (χ3n) is 3.51. The molecule has 0 aliphatic carbocycles. The van der Waals surface area contributed by atoms with Crippen molar-refractivity contribution in [3.63, 3.8) is 0 Å². The number of anilines is 1. The lowest BCUT2D eigenvalue weighted by Crippen LogP contribution is -2.41. The van der Waals surface area contributed by atoms with E-state index in [-0.39, 0.29) is 17.9 Å². The van der Waals surface area contributed by atoms with Gasteiger partial charge in [0.2, 0.25) is 5.91 Å². The molecule has 1 aliphatic heterocycles. The Hall–Kier alpha value is -1.26. The van der Waals surface area contributed by atoms with Crippen LogP contribution < -0.4 is 16.0 Å². The van der Waals surface area contributed by atoms with Gasteiger partial charge >= 0.3 is 0 Å². The number of hydrogen-bond acceptors (Lipinski definition) is 3. The first kappa shape index (κ1) is 14.2. The summed E-state index contributed by atoms with van der Waals surface area (Å²) < 4.78 is 0. The maximum Gasteiger partial charge on any atom is 0.224 e. The summed E-state index contributed by atoms with van der Waals surface area (Å²) in [5, 5.41) is 3.79. The van der Waals surface area contributed by atoms with Crippen LogP contribution in [0.1, 0.15) is 13.3 Å². The van der Waals surface area contributed by atoms with Crippen LogP contribution in [-0.2, 0) is 4.79 Å². The van der Waals surface area contributed by atoms with E-state index in [1.165, 1.54) is 0 Å². The quantitative estimate of drug-likeness (QED) is 0.882. The number of nitrogens with two attached hydrogens (primary N) is 1. The first-order chi connectivity index (χ1) is 9.10. The molecule has 19 heavy (non-hydrogen) atoms. The van der Waals surface area contributed by atoms with Gasteiger partial charge in [-0.3, -0.25) is 4.79 Å². The molecule has 1 fully saturated rings. The highest BCUT2D eigenvalue weighted by Crippen LogP contribution is 2.23. The standard InChI is InChI=1S/C14H20ClN3O/c1-10(8-16)14(19)17-12-5-6-18(9-12)13-4-2-3-11(15)7-13/h2-4,7,10,12H,5-6,8-9,16H2,1H3,(H,17,19). The van der Waals surface area contributed by atoms with Crippen molar-refractivity contribution in [2.75, 3.05) is 24.5 Å². The van der Waals surface area contributed by atoms with Gasteiger partial charge in [-0.25, -0.2) is 0 Å². The third kappa shape index (κ3) is 3.61. The van der Waals surface area contributed by atoms with Gasteiger partial charge in [0, 0.05) is 42.3 Å². The minimum absolute atomic E-state index is 0.0421. The molecule has 1 amide bonds. The van der Waals surface area contributed by atoms with E-state index in [9.17, 15) is 4.79 Å². The lowest BCUT2D eigenvalue weighted by atomic mass is 10.1. The molecular formula is C14H20ClN3O. The summed E-state index contributed by atoms with van der Waals surface area (Å²) in [6.45, 7) is 3.99. The van der Waals surface area contributed by atoms with Crippen LogP contribution in [0, 0.1) is 5.92 Å². The molecule has 0 bridgehead atoms. The molecule has 1 aromatic rings. The van der Waals surface area contributed by atoms with Gasteiger partial charge in [-0.15, -0.1) is 0 Å². The molecule has 5 heteroatoms. The van der Waals surface area contributed by atoms with Crippen molar-refractivity contribution in [3.05, 3.63) is 29.3 Å². The first-order valence-corrected chi connectivity index (χ1v) is 6.99. The van der Waals surface area contributed by atoms with Gasteiger partial charge in [-0.1, -0.05) is 24.6 Å². The zero-order chi connectivity index (χ0) is 13.8. The number of nitrogens with zero attached hydrogens (tertiary/aromatic N) is 1. The summed E-state index contributed by atoms with van der Waals surface area (Å²) >= 11 is 5.99. The number of rotatable bonds is 4. The van der Waals surface area contributed by atoms with Crippen molar-refractivity contribution in [3.8, 4) is 0 Å². The van der Waals surface area contributed by atoms with E-state index in [0.717, 1.165) is 30.2 Å². The minimum Gasteiger partial charge on any atom is -0.369 e. The number of benzene rings is 1. The van der Waals surface area contributed by atoms with Crippen molar-refractivity contribution < 1.29 is 4.79 Å². The second-order valence-electron chi connectivity index (χ2n) is 5.06. The predicted octanol–water partition coefficient (Wildman–Crippen LogP) is 1.63. The summed E-state index contributed by atoms with van der Waals surface area (Å²) in [6.07, 6.45) is 0.954. The number of hydrogen-bond donors (Lipinski definition) is 2. The number of carbonyl (C=O) groups excluding carboxylic acids is 1. The van der Waals surface area contributed by atoms with E-state index in [1.54, 1.807) is 0 Å². The van der Waals surface area contributed by atoms with E-state index in [1.807, 2.05) is 31.2 Å². The van der Waals surface area contributed by atoms with Crippen molar-refractivity contribution in [1.29, 1.82) is 0 Å². The van der Waals surface area contributed by atoms with Crippen molar-refractivity contribution >= 4 is 23.2 Å². The molecular weight excluding hydrogens is 262 g/mol. The summed E-state index contributed by atoms with van der Waals surface area (Å²) in [5.74, 6) is -0.0827. The van der Waals surface area contributed by atoms with Crippen LogP contribution in [0.15, 0.2) is 24.3 Å². The molecule has 2 rings (SSSR count). The Kier molecular flexibility index (Phi) is 4.66. The molecule has 1 aromatic carbocycles. The second kappa shape index (κ2) is 6.26. The molecule has 2 unspecified atom stereocenters. The van der Waals surface area contributed by atoms with Crippen molar-refractivity contribution in [2.24, 2.45) is 11.7 Å². The summed E-state index contributed by atoms with van der Waals surface area (Å²) in [4.78, 5) is 14.0. The molecule has 0 spiro atoms. The van der Waals surface area contributed by atoms with Gasteiger partial charge in [0.25, 0.3) is 0 Å².